The molecule has 0 saturated heterocycles. The van der Waals surface area contributed by atoms with Crippen LogP contribution in [-0.2, 0) is 44.8 Å². The van der Waals surface area contributed by atoms with Crippen LogP contribution in [0.25, 0.3) is 23.3 Å². The molecule has 0 unspecified atom stereocenters. The first-order valence-electron chi connectivity index (χ1n) is 7.25. The van der Waals surface area contributed by atoms with Gasteiger partial charge in [-0.1, -0.05) is 0 Å². The Morgan fingerprint density at radius 1 is 0.382 bits per heavy atom. The summed E-state index contributed by atoms with van der Waals surface area (Å²) in [5.41, 5.74) is 0. The molecule has 202 valence electrons. The first-order valence-corrected chi connectivity index (χ1v) is 7.25. The average Bonchev–Trinajstić information content (AvgIpc) is 2.71. The van der Waals surface area contributed by atoms with Crippen molar-refractivity contribution < 1.29 is 164 Å². The summed E-state index contributed by atoms with van der Waals surface area (Å²) in [6, 6.07) is 7.30. The van der Waals surface area contributed by atoms with Gasteiger partial charge in [-0.25, -0.2) is 19.9 Å². The van der Waals surface area contributed by atoms with Gasteiger partial charge in [-0.05, 0) is 12.1 Å². The molecule has 0 atom stereocenters. The molecule has 4 aromatic heterocycles. The van der Waals surface area contributed by atoms with E-state index >= 15 is 0 Å². The first kappa shape index (κ1) is 54.9. The number of nitrogens with one attached hydrogen (secondary N) is 4. The molecule has 0 fully saturated rings. The van der Waals surface area contributed by atoms with E-state index < -0.39 is 0 Å². The zero-order chi connectivity index (χ0) is 16.5. The minimum atomic E-state index is 0. The van der Waals surface area contributed by atoms with Crippen molar-refractivity contribution in [2.75, 3.05) is 0 Å². The molecule has 0 aliphatic carbocycles. The summed E-state index contributed by atoms with van der Waals surface area (Å²) in [4.78, 5) is 28.3. The molecule has 0 aliphatic rings. The maximum absolute atomic E-state index is 4.08. The van der Waals surface area contributed by atoms with Gasteiger partial charge >= 0.3 is 11.6 Å². The van der Waals surface area contributed by atoms with E-state index in [4.69, 9.17) is 0 Å². The van der Waals surface area contributed by atoms with E-state index in [1.807, 2.05) is 36.9 Å². The number of halogens is 8. The Kier molecular flexibility index (Phi) is 53.4. The molecule has 0 aliphatic heterocycles. The molecule has 4 aromatic rings. The number of hydrogen-bond acceptors (Lipinski definition) is 4. The molecule has 18 heteroatoms. The van der Waals surface area contributed by atoms with Gasteiger partial charge in [0.2, 0.25) is 0 Å². The van der Waals surface area contributed by atoms with E-state index in [9.17, 15) is 0 Å². The molecule has 2 radical (unpaired) electrons. The van der Waals surface area contributed by atoms with Gasteiger partial charge in [-0.3, -0.25) is 0 Å². The second-order valence-corrected chi connectivity index (χ2v) is 4.52. The SMILES string of the molecule is [Au].[Au].[Cl-].[Cl-].[Cl-].[Cl-].[Cl-].[Cl-].[Cl-].[Cl-].c1cnc(-c2[nH+]ccc[nH+]2)nc1.c1cnc(-c2[nH+]ccc[nH+]2)nc1. The van der Waals surface area contributed by atoms with E-state index in [0.29, 0.717) is 11.6 Å². The summed E-state index contributed by atoms with van der Waals surface area (Å²) in [5.74, 6) is 2.94. The molecule has 0 spiro atoms. The number of H-pyrrole nitrogens is 4. The fourth-order valence-electron chi connectivity index (χ4n) is 1.82. The van der Waals surface area contributed by atoms with Crippen molar-refractivity contribution >= 4 is 0 Å². The fourth-order valence-corrected chi connectivity index (χ4v) is 1.82. The van der Waals surface area contributed by atoms with Gasteiger partial charge in [0.25, 0.3) is 11.6 Å². The molecule has 0 bridgehead atoms. The smallest absolute Gasteiger partial charge is 0.486 e. The van der Waals surface area contributed by atoms with Gasteiger partial charge in [-0.2, -0.15) is 19.9 Å². The van der Waals surface area contributed by atoms with E-state index in [1.54, 1.807) is 36.9 Å². The van der Waals surface area contributed by atoms with Crippen LogP contribution in [0.4, 0.5) is 0 Å². The summed E-state index contributed by atoms with van der Waals surface area (Å²) >= 11 is 0. The van der Waals surface area contributed by atoms with Crippen molar-refractivity contribution in [2.24, 2.45) is 0 Å². The van der Waals surface area contributed by atoms with Gasteiger partial charge in [0, 0.05) is 69.5 Å². The van der Waals surface area contributed by atoms with Crippen molar-refractivity contribution in [1.29, 1.82) is 0 Å². The van der Waals surface area contributed by atoms with Crippen LogP contribution in [-0.4, -0.2) is 19.9 Å². The number of aromatic amines is 4. The maximum atomic E-state index is 4.08. The van der Waals surface area contributed by atoms with Gasteiger partial charge in [0.1, 0.15) is 0 Å². The van der Waals surface area contributed by atoms with E-state index in [2.05, 4.69) is 39.9 Å². The van der Waals surface area contributed by atoms with Crippen LogP contribution in [0.15, 0.2) is 73.8 Å². The van der Waals surface area contributed by atoms with E-state index in [0.717, 1.165) is 11.6 Å². The topological polar surface area (TPSA) is 108 Å². The summed E-state index contributed by atoms with van der Waals surface area (Å²) in [6.45, 7) is 0. The molecule has 8 nitrogen and oxygen atoms in total. The van der Waals surface area contributed by atoms with Crippen LogP contribution >= 0.6 is 0 Å². The summed E-state index contributed by atoms with van der Waals surface area (Å²) in [6.07, 6.45) is 14.1. The molecule has 4 rings (SSSR count). The van der Waals surface area contributed by atoms with Crippen LogP contribution in [0.5, 0.6) is 0 Å². The maximum Gasteiger partial charge on any atom is 0.486 e. The number of rotatable bonds is 2. The Bertz CT molecular complexity index is 729. The van der Waals surface area contributed by atoms with E-state index in [1.165, 1.54) is 0 Å². The fraction of sp³-hybridized carbons (Fsp3) is 0. The molecule has 0 amide bonds. The second-order valence-electron chi connectivity index (χ2n) is 4.52. The van der Waals surface area contributed by atoms with Crippen molar-refractivity contribution in [3.63, 3.8) is 0 Å². The van der Waals surface area contributed by atoms with Gasteiger partial charge in [0.05, 0.1) is 12.1 Å². The molecule has 34 heavy (non-hydrogen) atoms. The Labute approximate surface area is 278 Å². The predicted octanol–water partition coefficient (Wildman–Crippen LogP) is -24.4. The summed E-state index contributed by atoms with van der Waals surface area (Å²) < 4.78 is 0. The van der Waals surface area contributed by atoms with Crippen molar-refractivity contribution in [1.82, 2.24) is 19.9 Å². The van der Waals surface area contributed by atoms with Crippen molar-refractivity contribution in [3.8, 4) is 23.3 Å². The standard InChI is InChI=1S/2C8H6N4.2Au.8ClH/c2*1-3-9-7(10-4-1)8-11-5-2-6-12-8;;;;;;;;;;/h2*1-6H;;;8*1H/p-4. The third-order valence-electron chi connectivity index (χ3n) is 2.87. The largest absolute Gasteiger partial charge is 1.00 e. The summed E-state index contributed by atoms with van der Waals surface area (Å²) in [7, 11) is 0. The molecular formula is C16H16Au2Cl8N8-4. The van der Waals surface area contributed by atoms with Gasteiger partial charge < -0.3 is 99.3 Å². The normalized spacial score (nSPS) is 6.82. The van der Waals surface area contributed by atoms with Crippen LogP contribution in [0.2, 0.25) is 0 Å². The third-order valence-corrected chi connectivity index (χ3v) is 2.87. The van der Waals surface area contributed by atoms with Crippen molar-refractivity contribution in [2.45, 2.75) is 0 Å². The second kappa shape index (κ2) is 33.1. The molecule has 4 N–H and O–H groups in total. The Hall–Kier alpha value is 0.121. The monoisotopic (exact) mass is 994 g/mol. The predicted molar refractivity (Wildman–Crippen MR) is 81.2 cm³/mol. The van der Waals surface area contributed by atoms with Gasteiger partial charge in [-0.15, -0.1) is 0 Å². The average molecular weight is 998 g/mol. The molecule has 0 aromatic carbocycles. The van der Waals surface area contributed by atoms with Crippen LogP contribution in [0.3, 0.4) is 0 Å². The minimum absolute atomic E-state index is 0. The zero-order valence-corrected chi connectivity index (χ0v) is 26.7. The third kappa shape index (κ3) is 19.3. The van der Waals surface area contributed by atoms with Gasteiger partial charge in [0.15, 0.2) is 24.8 Å². The zero-order valence-electron chi connectivity index (χ0n) is 16.3. The quantitative estimate of drug-likeness (QED) is 0.186. The number of aromatic nitrogens is 8. The van der Waals surface area contributed by atoms with Crippen LogP contribution < -0.4 is 119 Å². The molecular weight excluding hydrogens is 982 g/mol. The first-order chi connectivity index (χ1) is 11.9. The summed E-state index contributed by atoms with van der Waals surface area (Å²) in [5, 5.41) is 0. The van der Waals surface area contributed by atoms with Crippen molar-refractivity contribution in [3.05, 3.63) is 73.8 Å². The molecule has 0 saturated carbocycles. The number of hydrogen-bond donors (Lipinski definition) is 0. The molecule has 4 heterocycles. The Morgan fingerprint density at radius 2 is 0.618 bits per heavy atom. The number of nitrogens with zero attached hydrogens (tertiary/aromatic N) is 4. The van der Waals surface area contributed by atoms with Crippen LogP contribution in [0.1, 0.15) is 0 Å². The van der Waals surface area contributed by atoms with Crippen LogP contribution in [0, 0.1) is 0 Å². The Morgan fingerprint density at radius 3 is 0.853 bits per heavy atom. The minimum Gasteiger partial charge on any atom is -1.00 e. The van der Waals surface area contributed by atoms with E-state index in [-0.39, 0.29) is 144 Å². The Balaban J connectivity index is -0.0000000512.